The van der Waals surface area contributed by atoms with Gasteiger partial charge in [0.15, 0.2) is 0 Å². The van der Waals surface area contributed by atoms with Crippen molar-refractivity contribution in [1.29, 1.82) is 0 Å². The smallest absolute Gasteiger partial charge is 0.257 e. The highest BCUT2D eigenvalue weighted by atomic mass is 79.9. The first-order chi connectivity index (χ1) is 9.11. The number of hydrogen-bond acceptors (Lipinski definition) is 3. The molecule has 5 heteroatoms. The number of nitrogens with one attached hydrogen (secondary N) is 1. The van der Waals surface area contributed by atoms with Crippen molar-refractivity contribution in [2.75, 3.05) is 12.4 Å². The van der Waals surface area contributed by atoms with Crippen LogP contribution in [0.3, 0.4) is 0 Å². The molecule has 0 saturated heterocycles. The number of pyridine rings is 1. The lowest BCUT2D eigenvalue weighted by molar-refractivity contribution is 0.102. The van der Waals surface area contributed by atoms with E-state index in [9.17, 15) is 4.79 Å². The number of amides is 1. The van der Waals surface area contributed by atoms with Crippen molar-refractivity contribution < 1.29 is 9.53 Å². The fourth-order valence-electron chi connectivity index (χ4n) is 1.67. The van der Waals surface area contributed by atoms with E-state index in [1.54, 1.807) is 50.6 Å². The average Bonchev–Trinajstić information content (AvgIpc) is 2.39. The van der Waals surface area contributed by atoms with Crippen LogP contribution in [0.15, 0.2) is 41.0 Å². The Hall–Kier alpha value is -1.88. The van der Waals surface area contributed by atoms with Gasteiger partial charge in [-0.1, -0.05) is 0 Å². The van der Waals surface area contributed by atoms with E-state index < -0.39 is 0 Å². The number of anilines is 1. The van der Waals surface area contributed by atoms with Gasteiger partial charge in [0.2, 0.25) is 0 Å². The van der Waals surface area contributed by atoms with Crippen molar-refractivity contribution in [3.8, 4) is 5.75 Å². The molecule has 1 N–H and O–H groups in total. The van der Waals surface area contributed by atoms with E-state index in [2.05, 4.69) is 26.2 Å². The summed E-state index contributed by atoms with van der Waals surface area (Å²) in [4.78, 5) is 16.2. The Morgan fingerprint density at radius 3 is 2.79 bits per heavy atom. The van der Waals surface area contributed by atoms with Crippen LogP contribution >= 0.6 is 15.9 Å². The van der Waals surface area contributed by atoms with E-state index in [0.29, 0.717) is 16.9 Å². The molecule has 1 aromatic carbocycles. The average molecular weight is 321 g/mol. The van der Waals surface area contributed by atoms with Gasteiger partial charge in [0.05, 0.1) is 17.1 Å². The number of halogens is 1. The molecule has 0 fully saturated rings. The zero-order chi connectivity index (χ0) is 13.8. The highest BCUT2D eigenvalue weighted by molar-refractivity contribution is 9.10. The lowest BCUT2D eigenvalue weighted by atomic mass is 10.2. The number of carbonyl (C=O) groups is 1. The van der Waals surface area contributed by atoms with Gasteiger partial charge in [-0.15, -0.1) is 0 Å². The summed E-state index contributed by atoms with van der Waals surface area (Å²) in [6.45, 7) is 1.80. The summed E-state index contributed by atoms with van der Waals surface area (Å²) in [6.07, 6.45) is 1.66. The van der Waals surface area contributed by atoms with Crippen LogP contribution in [0.5, 0.6) is 5.75 Å². The number of hydrogen-bond donors (Lipinski definition) is 1. The third-order valence-corrected chi connectivity index (χ3v) is 3.28. The van der Waals surface area contributed by atoms with Crippen LogP contribution in [0.2, 0.25) is 0 Å². The molecule has 4 nitrogen and oxygen atoms in total. The van der Waals surface area contributed by atoms with Gasteiger partial charge in [-0.2, -0.15) is 0 Å². The summed E-state index contributed by atoms with van der Waals surface area (Å²) in [6, 6.07) is 8.85. The number of rotatable bonds is 3. The van der Waals surface area contributed by atoms with Crippen molar-refractivity contribution in [2.45, 2.75) is 6.92 Å². The van der Waals surface area contributed by atoms with Crippen LogP contribution in [0.25, 0.3) is 0 Å². The van der Waals surface area contributed by atoms with Gasteiger partial charge in [0.25, 0.3) is 5.91 Å². The standard InChI is InChI=1S/C14H13BrN2O2/c1-9-11(4-3-7-16-9)14(18)17-10-5-6-13(19-2)12(15)8-10/h3-8H,1-2H3,(H,17,18). The molecule has 1 heterocycles. The molecule has 1 aromatic heterocycles. The minimum atomic E-state index is -0.178. The van der Waals surface area contributed by atoms with E-state index in [1.807, 2.05) is 0 Å². The highest BCUT2D eigenvalue weighted by Crippen LogP contribution is 2.27. The predicted octanol–water partition coefficient (Wildman–Crippen LogP) is 3.41. The highest BCUT2D eigenvalue weighted by Gasteiger charge is 2.10. The zero-order valence-corrected chi connectivity index (χ0v) is 12.2. The quantitative estimate of drug-likeness (QED) is 0.942. The molecular weight excluding hydrogens is 308 g/mol. The second-order valence-corrected chi connectivity index (χ2v) is 4.79. The van der Waals surface area contributed by atoms with Crippen LogP contribution in [0.4, 0.5) is 5.69 Å². The molecule has 0 atom stereocenters. The maximum Gasteiger partial charge on any atom is 0.257 e. The van der Waals surface area contributed by atoms with E-state index in [0.717, 1.165) is 10.2 Å². The molecule has 0 aliphatic rings. The number of ether oxygens (including phenoxy) is 1. The molecule has 0 radical (unpaired) electrons. The molecule has 2 rings (SSSR count). The summed E-state index contributed by atoms with van der Waals surface area (Å²) in [5.74, 6) is 0.540. The summed E-state index contributed by atoms with van der Waals surface area (Å²) in [7, 11) is 1.59. The molecular formula is C14H13BrN2O2. The first-order valence-corrected chi connectivity index (χ1v) is 6.47. The third-order valence-electron chi connectivity index (χ3n) is 2.66. The molecule has 0 unspecified atom stereocenters. The number of aromatic nitrogens is 1. The summed E-state index contributed by atoms with van der Waals surface area (Å²) < 4.78 is 5.93. The van der Waals surface area contributed by atoms with Crippen LogP contribution in [-0.2, 0) is 0 Å². The molecule has 0 aliphatic heterocycles. The van der Waals surface area contributed by atoms with E-state index in [4.69, 9.17) is 4.74 Å². The second kappa shape index (κ2) is 5.84. The monoisotopic (exact) mass is 320 g/mol. The van der Waals surface area contributed by atoms with Gasteiger partial charge >= 0.3 is 0 Å². The van der Waals surface area contributed by atoms with Gasteiger partial charge < -0.3 is 10.1 Å². The maximum absolute atomic E-state index is 12.1. The molecule has 0 spiro atoms. The van der Waals surface area contributed by atoms with E-state index in [1.165, 1.54) is 0 Å². The largest absolute Gasteiger partial charge is 0.496 e. The number of methoxy groups -OCH3 is 1. The van der Waals surface area contributed by atoms with E-state index >= 15 is 0 Å². The molecule has 98 valence electrons. The lowest BCUT2D eigenvalue weighted by Gasteiger charge is -2.09. The molecule has 0 aliphatic carbocycles. The minimum Gasteiger partial charge on any atom is -0.496 e. The normalized spacial score (nSPS) is 10.1. The Balaban J connectivity index is 2.20. The van der Waals surface area contributed by atoms with E-state index in [-0.39, 0.29) is 5.91 Å². The zero-order valence-electron chi connectivity index (χ0n) is 10.6. The third kappa shape index (κ3) is 3.12. The van der Waals surface area contributed by atoms with Crippen LogP contribution in [0, 0.1) is 6.92 Å². The van der Waals surface area contributed by atoms with Crippen LogP contribution < -0.4 is 10.1 Å². The fraction of sp³-hybridized carbons (Fsp3) is 0.143. The molecule has 2 aromatic rings. The Morgan fingerprint density at radius 2 is 2.16 bits per heavy atom. The topological polar surface area (TPSA) is 51.2 Å². The molecule has 1 amide bonds. The van der Waals surface area contributed by atoms with Crippen molar-refractivity contribution in [2.24, 2.45) is 0 Å². The lowest BCUT2D eigenvalue weighted by Crippen LogP contribution is -2.13. The SMILES string of the molecule is COc1ccc(NC(=O)c2cccnc2C)cc1Br. The van der Waals surface area contributed by atoms with Gasteiger partial charge in [0, 0.05) is 17.6 Å². The first-order valence-electron chi connectivity index (χ1n) is 5.68. The maximum atomic E-state index is 12.1. The van der Waals surface area contributed by atoms with Crippen LogP contribution in [0.1, 0.15) is 16.1 Å². The van der Waals surface area contributed by atoms with Gasteiger partial charge in [-0.25, -0.2) is 0 Å². The van der Waals surface area contributed by atoms with Gasteiger partial charge in [-0.05, 0) is 53.2 Å². The van der Waals surface area contributed by atoms with Crippen molar-refractivity contribution in [3.05, 3.63) is 52.3 Å². The van der Waals surface area contributed by atoms with Crippen molar-refractivity contribution in [1.82, 2.24) is 4.98 Å². The van der Waals surface area contributed by atoms with Gasteiger partial charge in [-0.3, -0.25) is 9.78 Å². The predicted molar refractivity (Wildman–Crippen MR) is 77.6 cm³/mol. The Bertz CT molecular complexity index is 614. The molecule has 0 bridgehead atoms. The molecule has 19 heavy (non-hydrogen) atoms. The number of carbonyl (C=O) groups excluding carboxylic acids is 1. The second-order valence-electron chi connectivity index (χ2n) is 3.94. The summed E-state index contributed by atoms with van der Waals surface area (Å²) >= 11 is 3.38. The number of benzene rings is 1. The van der Waals surface area contributed by atoms with Crippen molar-refractivity contribution >= 4 is 27.5 Å². The Morgan fingerprint density at radius 1 is 1.37 bits per heavy atom. The fourth-order valence-corrected chi connectivity index (χ4v) is 2.21. The van der Waals surface area contributed by atoms with Gasteiger partial charge in [0.1, 0.15) is 5.75 Å². The Labute approximate surface area is 119 Å². The van der Waals surface area contributed by atoms with Crippen molar-refractivity contribution in [3.63, 3.8) is 0 Å². The Kier molecular flexibility index (Phi) is 4.16. The summed E-state index contributed by atoms with van der Waals surface area (Å²) in [5.41, 5.74) is 1.96. The van der Waals surface area contributed by atoms with Crippen LogP contribution in [-0.4, -0.2) is 18.0 Å². The molecule has 0 saturated carbocycles. The minimum absolute atomic E-state index is 0.178. The summed E-state index contributed by atoms with van der Waals surface area (Å²) in [5, 5.41) is 2.83. The first kappa shape index (κ1) is 13.5. The number of aryl methyl sites for hydroxylation is 1. The number of nitrogens with zero attached hydrogens (tertiary/aromatic N) is 1.